The lowest BCUT2D eigenvalue weighted by Crippen LogP contribution is -2.28. The largest absolute Gasteiger partial charge is 0.399 e. The molecule has 1 aromatic carbocycles. The van der Waals surface area contributed by atoms with Gasteiger partial charge in [0.2, 0.25) is 0 Å². The molecule has 70 valence electrons. The van der Waals surface area contributed by atoms with Crippen LogP contribution in [0.25, 0.3) is 0 Å². The molecule has 0 amide bonds. The van der Waals surface area contributed by atoms with Gasteiger partial charge >= 0.3 is 0 Å². The summed E-state index contributed by atoms with van der Waals surface area (Å²) >= 11 is 0. The topological polar surface area (TPSA) is 29.3 Å². The first-order valence-electron chi connectivity index (χ1n) is 4.94. The Labute approximate surface area is 79.4 Å². The monoisotopic (exact) mass is 176 g/mol. The van der Waals surface area contributed by atoms with E-state index in [1.54, 1.807) is 0 Å². The molecule has 2 nitrogen and oxygen atoms in total. The van der Waals surface area contributed by atoms with E-state index in [1.165, 1.54) is 30.6 Å². The zero-order valence-electron chi connectivity index (χ0n) is 8.09. The van der Waals surface area contributed by atoms with Crippen LogP contribution in [0.4, 0.5) is 11.4 Å². The third-order valence-corrected chi connectivity index (χ3v) is 2.71. The predicted octanol–water partition coefficient (Wildman–Crippen LogP) is 2.04. The van der Waals surface area contributed by atoms with Crippen molar-refractivity contribution in [1.82, 2.24) is 0 Å². The molecule has 0 bridgehead atoms. The van der Waals surface area contributed by atoms with Crippen molar-refractivity contribution in [3.63, 3.8) is 0 Å². The average Bonchev–Trinajstić information content (AvgIpc) is 2.17. The van der Waals surface area contributed by atoms with Crippen LogP contribution in [0.1, 0.15) is 18.9 Å². The fourth-order valence-corrected chi connectivity index (χ4v) is 2.00. The first kappa shape index (κ1) is 8.42. The van der Waals surface area contributed by atoms with E-state index in [0.717, 1.165) is 12.2 Å². The Morgan fingerprint density at radius 1 is 1.46 bits per heavy atom. The number of nitrogens with two attached hydrogens (primary N) is 1. The number of nitrogens with zero attached hydrogens (tertiary/aromatic N) is 1. The van der Waals surface area contributed by atoms with E-state index in [1.807, 2.05) is 6.07 Å². The molecular weight excluding hydrogens is 160 g/mol. The molecule has 2 heteroatoms. The Morgan fingerprint density at radius 2 is 2.31 bits per heavy atom. The van der Waals surface area contributed by atoms with Crippen LogP contribution in [0.15, 0.2) is 18.2 Å². The van der Waals surface area contributed by atoms with Crippen LogP contribution >= 0.6 is 0 Å². The van der Waals surface area contributed by atoms with E-state index in [2.05, 4.69) is 24.0 Å². The van der Waals surface area contributed by atoms with Crippen molar-refractivity contribution in [3.8, 4) is 0 Å². The number of aryl methyl sites for hydroxylation is 1. The van der Waals surface area contributed by atoms with Gasteiger partial charge < -0.3 is 10.6 Å². The second kappa shape index (κ2) is 3.29. The van der Waals surface area contributed by atoms with E-state index in [-0.39, 0.29) is 0 Å². The van der Waals surface area contributed by atoms with Gasteiger partial charge in [0.25, 0.3) is 0 Å². The highest BCUT2D eigenvalue weighted by Crippen LogP contribution is 2.28. The quantitative estimate of drug-likeness (QED) is 0.663. The number of hydrogen-bond acceptors (Lipinski definition) is 2. The van der Waals surface area contributed by atoms with Gasteiger partial charge in [0.05, 0.1) is 0 Å². The van der Waals surface area contributed by atoms with Crippen molar-refractivity contribution in [2.45, 2.75) is 19.8 Å². The van der Waals surface area contributed by atoms with E-state index >= 15 is 0 Å². The second-order valence-corrected chi connectivity index (χ2v) is 3.57. The number of benzene rings is 1. The summed E-state index contributed by atoms with van der Waals surface area (Å²) in [5.74, 6) is 0. The summed E-state index contributed by atoms with van der Waals surface area (Å²) in [4.78, 5) is 2.40. The van der Waals surface area contributed by atoms with Crippen molar-refractivity contribution in [2.24, 2.45) is 0 Å². The van der Waals surface area contributed by atoms with Gasteiger partial charge in [-0.25, -0.2) is 0 Å². The van der Waals surface area contributed by atoms with Crippen molar-refractivity contribution < 1.29 is 0 Å². The number of fused-ring (bicyclic) bond motifs is 1. The third-order valence-electron chi connectivity index (χ3n) is 2.71. The Kier molecular flexibility index (Phi) is 2.13. The van der Waals surface area contributed by atoms with Crippen molar-refractivity contribution in [3.05, 3.63) is 23.8 Å². The predicted molar refractivity (Wildman–Crippen MR) is 57.1 cm³/mol. The molecule has 0 aliphatic carbocycles. The summed E-state index contributed by atoms with van der Waals surface area (Å²) in [6.45, 7) is 4.45. The third kappa shape index (κ3) is 1.48. The second-order valence-electron chi connectivity index (χ2n) is 3.57. The molecule has 1 aliphatic heterocycles. The Morgan fingerprint density at radius 3 is 3.08 bits per heavy atom. The highest BCUT2D eigenvalue weighted by Gasteiger charge is 2.14. The summed E-state index contributed by atoms with van der Waals surface area (Å²) in [5, 5.41) is 0. The zero-order valence-corrected chi connectivity index (χ0v) is 8.09. The summed E-state index contributed by atoms with van der Waals surface area (Å²) < 4.78 is 0. The first-order valence-corrected chi connectivity index (χ1v) is 4.94. The van der Waals surface area contributed by atoms with Crippen LogP contribution in [0.5, 0.6) is 0 Å². The average molecular weight is 176 g/mol. The zero-order chi connectivity index (χ0) is 9.26. The van der Waals surface area contributed by atoms with E-state index in [9.17, 15) is 0 Å². The Balaban J connectivity index is 2.41. The minimum Gasteiger partial charge on any atom is -0.399 e. The van der Waals surface area contributed by atoms with Gasteiger partial charge in [0.15, 0.2) is 0 Å². The molecular formula is C11H16N2. The van der Waals surface area contributed by atoms with Gasteiger partial charge in [0.1, 0.15) is 0 Å². The van der Waals surface area contributed by atoms with E-state index < -0.39 is 0 Å². The van der Waals surface area contributed by atoms with Crippen molar-refractivity contribution in [2.75, 3.05) is 23.7 Å². The lowest BCUT2D eigenvalue weighted by Gasteiger charge is -2.30. The number of nitrogen functional groups attached to an aromatic ring is 1. The number of hydrogen-bond donors (Lipinski definition) is 1. The lowest BCUT2D eigenvalue weighted by molar-refractivity contribution is 0.708. The molecule has 0 spiro atoms. The molecule has 1 aliphatic rings. The standard InChI is InChI=1S/C11H16N2/c1-2-13-7-3-4-9-5-6-10(12)8-11(9)13/h5-6,8H,2-4,7,12H2,1H3. The maximum absolute atomic E-state index is 5.77. The molecule has 0 unspecified atom stereocenters. The normalized spacial score (nSPS) is 15.6. The van der Waals surface area contributed by atoms with Gasteiger partial charge in [-0.15, -0.1) is 0 Å². The Hall–Kier alpha value is -1.18. The van der Waals surface area contributed by atoms with Crippen LogP contribution < -0.4 is 10.6 Å². The molecule has 13 heavy (non-hydrogen) atoms. The number of rotatable bonds is 1. The van der Waals surface area contributed by atoms with Crippen LogP contribution in [0.2, 0.25) is 0 Å². The summed E-state index contributed by atoms with van der Waals surface area (Å²) in [6, 6.07) is 6.25. The first-order chi connectivity index (χ1) is 6.31. The van der Waals surface area contributed by atoms with Crippen LogP contribution in [-0.2, 0) is 6.42 Å². The van der Waals surface area contributed by atoms with Crippen molar-refractivity contribution >= 4 is 11.4 Å². The fraction of sp³-hybridized carbons (Fsp3) is 0.455. The molecule has 0 aromatic heterocycles. The van der Waals surface area contributed by atoms with Crippen LogP contribution in [0.3, 0.4) is 0 Å². The molecule has 0 fully saturated rings. The molecule has 0 atom stereocenters. The molecule has 0 radical (unpaired) electrons. The summed E-state index contributed by atoms with van der Waals surface area (Å²) in [7, 11) is 0. The molecule has 0 saturated carbocycles. The fourth-order valence-electron chi connectivity index (χ4n) is 2.00. The minimum atomic E-state index is 0.874. The van der Waals surface area contributed by atoms with E-state index in [4.69, 9.17) is 5.73 Å². The Bertz CT molecular complexity index is 307. The maximum atomic E-state index is 5.77. The lowest BCUT2D eigenvalue weighted by atomic mass is 10.0. The smallest absolute Gasteiger partial charge is 0.0419 e. The molecule has 2 rings (SSSR count). The van der Waals surface area contributed by atoms with Gasteiger partial charge in [-0.2, -0.15) is 0 Å². The van der Waals surface area contributed by atoms with Crippen LogP contribution in [-0.4, -0.2) is 13.1 Å². The molecule has 1 heterocycles. The highest BCUT2D eigenvalue weighted by molar-refractivity contribution is 5.62. The molecule has 2 N–H and O–H groups in total. The van der Waals surface area contributed by atoms with Gasteiger partial charge in [-0.3, -0.25) is 0 Å². The van der Waals surface area contributed by atoms with Gasteiger partial charge in [0, 0.05) is 24.5 Å². The summed E-state index contributed by atoms with van der Waals surface area (Å²) in [6.07, 6.45) is 2.47. The van der Waals surface area contributed by atoms with Gasteiger partial charge in [-0.05, 0) is 37.5 Å². The molecule has 0 saturated heterocycles. The SMILES string of the molecule is CCN1CCCc2ccc(N)cc21. The maximum Gasteiger partial charge on any atom is 0.0419 e. The van der Waals surface area contributed by atoms with E-state index in [0.29, 0.717) is 0 Å². The summed E-state index contributed by atoms with van der Waals surface area (Å²) in [5.41, 5.74) is 9.43. The van der Waals surface area contributed by atoms with Crippen molar-refractivity contribution in [1.29, 1.82) is 0 Å². The highest BCUT2D eigenvalue weighted by atomic mass is 15.1. The number of anilines is 2. The molecule has 1 aromatic rings. The van der Waals surface area contributed by atoms with Crippen LogP contribution in [0, 0.1) is 0 Å². The van der Waals surface area contributed by atoms with Gasteiger partial charge in [-0.1, -0.05) is 6.07 Å². The minimum absolute atomic E-state index is 0.874.